The van der Waals surface area contributed by atoms with Gasteiger partial charge in [-0.1, -0.05) is 35.9 Å². The molecule has 1 N–H and O–H groups in total. The molecule has 1 heterocycles. The summed E-state index contributed by atoms with van der Waals surface area (Å²) in [5.41, 5.74) is 0.889. The van der Waals surface area contributed by atoms with Gasteiger partial charge in [0.15, 0.2) is 0 Å². The Morgan fingerprint density at radius 3 is 2.20 bits per heavy atom. The van der Waals surface area contributed by atoms with Crippen LogP contribution in [0.4, 0.5) is 10.5 Å². The van der Waals surface area contributed by atoms with E-state index in [0.29, 0.717) is 5.75 Å². The van der Waals surface area contributed by atoms with Crippen LogP contribution in [0.2, 0.25) is 0 Å². The fourth-order valence-electron chi connectivity index (χ4n) is 3.33. The van der Waals surface area contributed by atoms with Crippen LogP contribution in [-0.4, -0.2) is 33.4 Å². The van der Waals surface area contributed by atoms with Crippen LogP contribution >= 0.6 is 0 Å². The molecule has 9 nitrogen and oxygen atoms in total. The summed E-state index contributed by atoms with van der Waals surface area (Å²) in [6.07, 6.45) is 1.18. The Hall–Kier alpha value is -4.44. The van der Waals surface area contributed by atoms with E-state index in [0.717, 1.165) is 10.5 Å². The number of carbonyl (C=O) groups is 3. The molecule has 3 aromatic rings. The van der Waals surface area contributed by atoms with Crippen molar-refractivity contribution >= 4 is 39.7 Å². The Kier molecular flexibility index (Phi) is 6.39. The number of barbiturate groups is 1. The molecule has 178 valence electrons. The third-order valence-electron chi connectivity index (χ3n) is 5.16. The zero-order valence-electron chi connectivity index (χ0n) is 18.7. The van der Waals surface area contributed by atoms with Crippen molar-refractivity contribution in [1.82, 2.24) is 5.32 Å². The topological polar surface area (TPSA) is 119 Å². The van der Waals surface area contributed by atoms with Crippen LogP contribution in [0.25, 0.3) is 6.08 Å². The number of amides is 4. The third-order valence-corrected chi connectivity index (χ3v) is 6.41. The second-order valence-electron chi connectivity index (χ2n) is 7.54. The average Bonchev–Trinajstić information content (AvgIpc) is 2.83. The van der Waals surface area contributed by atoms with Crippen molar-refractivity contribution in [3.63, 3.8) is 0 Å². The summed E-state index contributed by atoms with van der Waals surface area (Å²) in [7, 11) is -2.70. The maximum atomic E-state index is 13.1. The first kappa shape index (κ1) is 23.7. The number of ether oxygens (including phenoxy) is 1. The van der Waals surface area contributed by atoms with Gasteiger partial charge in [-0.15, -0.1) is 0 Å². The zero-order chi connectivity index (χ0) is 25.2. The summed E-state index contributed by atoms with van der Waals surface area (Å²) in [6.45, 7) is 1.82. The summed E-state index contributed by atoms with van der Waals surface area (Å²) in [5, 5.41) is 2.12. The molecule has 0 saturated carbocycles. The first-order valence-corrected chi connectivity index (χ1v) is 11.8. The second kappa shape index (κ2) is 9.43. The summed E-state index contributed by atoms with van der Waals surface area (Å²) >= 11 is 0. The van der Waals surface area contributed by atoms with Gasteiger partial charge in [0.2, 0.25) is 0 Å². The highest BCUT2D eigenvalue weighted by atomic mass is 32.2. The first-order valence-electron chi connectivity index (χ1n) is 10.4. The average molecular weight is 493 g/mol. The fraction of sp³-hybridized carbons (Fsp3) is 0.0800. The molecule has 1 aliphatic rings. The van der Waals surface area contributed by atoms with Gasteiger partial charge in [0.1, 0.15) is 22.0 Å². The molecule has 0 spiro atoms. The molecule has 0 radical (unpaired) electrons. The van der Waals surface area contributed by atoms with E-state index < -0.39 is 28.0 Å². The van der Waals surface area contributed by atoms with Crippen molar-refractivity contribution in [3.8, 4) is 11.5 Å². The number of anilines is 1. The molecule has 4 rings (SSSR count). The summed E-state index contributed by atoms with van der Waals surface area (Å²) in [4.78, 5) is 38.8. The number of benzene rings is 3. The van der Waals surface area contributed by atoms with Crippen LogP contribution in [0.15, 0.2) is 83.3 Å². The molecule has 1 fully saturated rings. The van der Waals surface area contributed by atoms with Crippen LogP contribution in [0.3, 0.4) is 0 Å². The monoisotopic (exact) mass is 492 g/mol. The Balaban J connectivity index is 1.69. The molecule has 4 amide bonds. The van der Waals surface area contributed by atoms with Gasteiger partial charge in [-0.25, -0.2) is 9.69 Å². The highest BCUT2D eigenvalue weighted by Crippen LogP contribution is 2.28. The molecule has 1 saturated heterocycles. The molecule has 0 aromatic heterocycles. The van der Waals surface area contributed by atoms with Gasteiger partial charge in [-0.05, 0) is 55.5 Å². The molecule has 0 aliphatic carbocycles. The molecule has 35 heavy (non-hydrogen) atoms. The van der Waals surface area contributed by atoms with Crippen molar-refractivity contribution < 1.29 is 31.7 Å². The van der Waals surface area contributed by atoms with E-state index >= 15 is 0 Å². The second-order valence-corrected chi connectivity index (χ2v) is 9.09. The largest absolute Gasteiger partial charge is 0.497 e. The molecule has 0 bridgehead atoms. The Bertz CT molecular complexity index is 1440. The van der Waals surface area contributed by atoms with Crippen LogP contribution in [0.1, 0.15) is 11.1 Å². The smallest absolute Gasteiger partial charge is 0.339 e. The van der Waals surface area contributed by atoms with Gasteiger partial charge in [0, 0.05) is 5.56 Å². The quantitative estimate of drug-likeness (QED) is 0.318. The van der Waals surface area contributed by atoms with E-state index in [-0.39, 0.29) is 27.5 Å². The predicted molar refractivity (Wildman–Crippen MR) is 127 cm³/mol. The number of methoxy groups -OCH3 is 1. The van der Waals surface area contributed by atoms with Crippen LogP contribution in [0, 0.1) is 6.92 Å². The normalized spacial score (nSPS) is 15.2. The van der Waals surface area contributed by atoms with Crippen LogP contribution in [-0.2, 0) is 19.7 Å². The Morgan fingerprint density at radius 2 is 1.54 bits per heavy atom. The van der Waals surface area contributed by atoms with E-state index in [4.69, 9.17) is 8.92 Å². The maximum absolute atomic E-state index is 13.1. The molecule has 10 heteroatoms. The zero-order valence-corrected chi connectivity index (χ0v) is 19.5. The van der Waals surface area contributed by atoms with E-state index in [2.05, 4.69) is 5.32 Å². The number of carbonyl (C=O) groups excluding carboxylic acids is 3. The molecular weight excluding hydrogens is 472 g/mol. The van der Waals surface area contributed by atoms with E-state index in [1.165, 1.54) is 49.6 Å². The number of rotatable bonds is 6. The Labute approximate surface area is 201 Å². The number of para-hydroxylation sites is 1. The third kappa shape index (κ3) is 4.92. The fourth-order valence-corrected chi connectivity index (χ4v) is 4.28. The minimum absolute atomic E-state index is 0.0479. The van der Waals surface area contributed by atoms with Gasteiger partial charge < -0.3 is 8.92 Å². The highest BCUT2D eigenvalue weighted by Gasteiger charge is 2.37. The van der Waals surface area contributed by atoms with Gasteiger partial charge in [0.25, 0.3) is 11.8 Å². The van der Waals surface area contributed by atoms with Crippen molar-refractivity contribution in [3.05, 3.63) is 89.5 Å². The van der Waals surface area contributed by atoms with Crippen molar-refractivity contribution in [2.75, 3.05) is 12.0 Å². The number of hydrogen-bond acceptors (Lipinski definition) is 7. The minimum Gasteiger partial charge on any atom is -0.497 e. The molecule has 1 aliphatic heterocycles. The van der Waals surface area contributed by atoms with E-state index in [1.807, 2.05) is 6.92 Å². The summed E-state index contributed by atoms with van der Waals surface area (Å²) < 4.78 is 35.9. The number of nitrogens with zero attached hydrogens (tertiary/aromatic N) is 1. The molecule has 3 aromatic carbocycles. The van der Waals surface area contributed by atoms with E-state index in [9.17, 15) is 22.8 Å². The summed E-state index contributed by atoms with van der Waals surface area (Å²) in [5.74, 6) is -1.36. The van der Waals surface area contributed by atoms with Crippen LogP contribution in [0.5, 0.6) is 11.5 Å². The van der Waals surface area contributed by atoms with Crippen LogP contribution < -0.4 is 19.1 Å². The van der Waals surface area contributed by atoms with Crippen molar-refractivity contribution in [1.29, 1.82) is 0 Å². The number of nitrogens with one attached hydrogen (secondary N) is 1. The standard InChI is InChI=1S/C25H20N2O7S/c1-16-7-13-20(14-8-16)35(31,32)34-22-6-4-3-5-17(22)15-21-23(28)26-25(30)27(24(21)29)18-9-11-19(33-2)12-10-18/h3-15H,1-2H3,(H,26,28,30)/b21-15+. The number of aryl methyl sites for hydroxylation is 1. The first-order chi connectivity index (χ1) is 16.7. The van der Waals surface area contributed by atoms with Crippen molar-refractivity contribution in [2.45, 2.75) is 11.8 Å². The highest BCUT2D eigenvalue weighted by molar-refractivity contribution is 7.87. The van der Waals surface area contributed by atoms with Gasteiger partial charge in [-0.3, -0.25) is 14.9 Å². The lowest BCUT2D eigenvalue weighted by molar-refractivity contribution is -0.122. The summed E-state index contributed by atoms with van der Waals surface area (Å²) in [6, 6.07) is 17.4. The molecule has 0 unspecified atom stereocenters. The molecular formula is C25H20N2O7S. The SMILES string of the molecule is COc1ccc(N2C(=O)NC(=O)/C(=C\c3ccccc3OS(=O)(=O)c3ccc(C)cc3)C2=O)cc1. The Morgan fingerprint density at radius 1 is 0.886 bits per heavy atom. The lowest BCUT2D eigenvalue weighted by atomic mass is 10.1. The predicted octanol–water partition coefficient (Wildman–Crippen LogP) is 3.44. The lowest BCUT2D eigenvalue weighted by Gasteiger charge is -2.26. The van der Waals surface area contributed by atoms with Gasteiger partial charge in [0.05, 0.1) is 12.8 Å². The number of hydrogen-bond donors (Lipinski definition) is 1. The number of urea groups is 1. The lowest BCUT2D eigenvalue weighted by Crippen LogP contribution is -2.54. The maximum Gasteiger partial charge on any atom is 0.339 e. The molecule has 0 atom stereocenters. The minimum atomic E-state index is -4.18. The van der Waals surface area contributed by atoms with Gasteiger partial charge >= 0.3 is 16.1 Å². The van der Waals surface area contributed by atoms with E-state index in [1.54, 1.807) is 36.4 Å². The van der Waals surface area contributed by atoms with Gasteiger partial charge in [-0.2, -0.15) is 8.42 Å². The van der Waals surface area contributed by atoms with Crippen molar-refractivity contribution in [2.24, 2.45) is 0 Å². The number of imide groups is 2.